The molecule has 0 unspecified atom stereocenters. The van der Waals surface area contributed by atoms with Gasteiger partial charge >= 0.3 is 0 Å². The normalized spacial score (nSPS) is 24.8. The molecule has 1 spiro atoms. The minimum Gasteiger partial charge on any atom is -0.358 e. The fraction of sp³-hybridized carbons (Fsp3) is 0.324. The molecule has 198 valence electrons. The predicted molar refractivity (Wildman–Crippen MR) is 153 cm³/mol. The van der Waals surface area contributed by atoms with Crippen LogP contribution in [0, 0.1) is 11.3 Å². The van der Waals surface area contributed by atoms with Crippen molar-refractivity contribution < 1.29 is 14.4 Å². The molecule has 5 nitrogen and oxygen atoms in total. The summed E-state index contributed by atoms with van der Waals surface area (Å²) in [6, 6.07) is 22.0. The molecule has 1 amide bonds. The van der Waals surface area contributed by atoms with Crippen LogP contribution in [0.25, 0.3) is 6.08 Å². The summed E-state index contributed by atoms with van der Waals surface area (Å²) in [5, 5.41) is 3.10. The molecular weight excluding hydrogens is 484 g/mol. The minimum absolute atomic E-state index is 0.0495. The molecule has 0 aromatic heterocycles. The van der Waals surface area contributed by atoms with E-state index < -0.39 is 28.8 Å². The Labute approximate surface area is 229 Å². The number of aryl methyl sites for hydroxylation is 1. The van der Waals surface area contributed by atoms with E-state index >= 15 is 0 Å². The molecule has 3 aliphatic rings. The van der Waals surface area contributed by atoms with Crippen LogP contribution < -0.4 is 5.32 Å². The fourth-order valence-corrected chi connectivity index (χ4v) is 6.92. The number of fused-ring (bicyclic) bond motifs is 6. The smallest absolute Gasteiger partial charge is 0.238 e. The molecule has 3 aromatic rings. The van der Waals surface area contributed by atoms with E-state index in [1.54, 1.807) is 0 Å². The van der Waals surface area contributed by atoms with E-state index in [2.05, 4.69) is 12.2 Å². The summed E-state index contributed by atoms with van der Waals surface area (Å²) >= 11 is 0. The predicted octanol–water partition coefficient (Wildman–Crippen LogP) is 6.35. The highest BCUT2D eigenvalue weighted by Crippen LogP contribution is 2.62. The Hall–Kier alpha value is -3.99. The third kappa shape index (κ3) is 3.63. The third-order valence-corrected chi connectivity index (χ3v) is 8.64. The van der Waals surface area contributed by atoms with Crippen molar-refractivity contribution >= 4 is 29.2 Å². The van der Waals surface area contributed by atoms with Crippen LogP contribution >= 0.6 is 0 Å². The maximum Gasteiger partial charge on any atom is 0.238 e. The lowest BCUT2D eigenvalue weighted by Gasteiger charge is -2.38. The number of ketones is 2. The Balaban J connectivity index is 1.64. The van der Waals surface area contributed by atoms with Crippen LogP contribution in [0.15, 0.2) is 79.0 Å². The SMILES string of the molecule is CCCc1ccc(C(=O)[C@@H]2[C@H](C(=O)C(C)(C)C)N3C=Cc4ccccc4[C@@H]3[C@@]23C(=O)Nc2ccccc23)cc1. The summed E-state index contributed by atoms with van der Waals surface area (Å²) in [5.41, 5.74) is 3.12. The molecule has 3 aliphatic heterocycles. The molecular formula is C34H34N2O3. The maximum atomic E-state index is 14.7. The van der Waals surface area contributed by atoms with Crippen molar-refractivity contribution in [3.05, 3.63) is 107 Å². The number of carbonyl (C=O) groups excluding carboxylic acids is 3. The number of nitrogens with zero attached hydrogens (tertiary/aromatic N) is 1. The van der Waals surface area contributed by atoms with Gasteiger partial charge < -0.3 is 10.2 Å². The molecule has 5 heteroatoms. The highest BCUT2D eigenvalue weighted by molar-refractivity contribution is 6.15. The van der Waals surface area contributed by atoms with Gasteiger partial charge in [0, 0.05) is 22.9 Å². The van der Waals surface area contributed by atoms with Gasteiger partial charge in [-0.3, -0.25) is 14.4 Å². The van der Waals surface area contributed by atoms with E-state index in [0.717, 1.165) is 35.1 Å². The molecule has 0 radical (unpaired) electrons. The summed E-state index contributed by atoms with van der Waals surface area (Å²) in [4.78, 5) is 45.5. The van der Waals surface area contributed by atoms with Crippen LogP contribution in [-0.2, 0) is 21.4 Å². The van der Waals surface area contributed by atoms with E-state index in [1.807, 2.05) is 111 Å². The first-order valence-electron chi connectivity index (χ1n) is 13.8. The highest BCUT2D eigenvalue weighted by Gasteiger charge is 2.71. The number of benzene rings is 3. The first-order chi connectivity index (χ1) is 18.7. The Morgan fingerprint density at radius 2 is 1.64 bits per heavy atom. The van der Waals surface area contributed by atoms with Crippen molar-refractivity contribution in [1.29, 1.82) is 0 Å². The average molecular weight is 519 g/mol. The van der Waals surface area contributed by atoms with Crippen molar-refractivity contribution in [2.24, 2.45) is 11.3 Å². The number of hydrogen-bond acceptors (Lipinski definition) is 4. The van der Waals surface area contributed by atoms with Crippen molar-refractivity contribution in [3.8, 4) is 0 Å². The second kappa shape index (κ2) is 9.04. The molecule has 0 aliphatic carbocycles. The number of hydrogen-bond donors (Lipinski definition) is 1. The van der Waals surface area contributed by atoms with E-state index in [9.17, 15) is 14.4 Å². The second-order valence-electron chi connectivity index (χ2n) is 12.0. The Bertz CT molecular complexity index is 1510. The summed E-state index contributed by atoms with van der Waals surface area (Å²) in [6.45, 7) is 7.80. The molecule has 4 atom stereocenters. The molecule has 1 saturated heterocycles. The van der Waals surface area contributed by atoms with Gasteiger partial charge in [0.15, 0.2) is 11.6 Å². The molecule has 39 heavy (non-hydrogen) atoms. The number of rotatable bonds is 5. The van der Waals surface area contributed by atoms with Crippen LogP contribution in [-0.4, -0.2) is 28.4 Å². The Kier molecular flexibility index (Phi) is 5.87. The molecule has 1 fully saturated rings. The van der Waals surface area contributed by atoms with Gasteiger partial charge in [0.1, 0.15) is 5.41 Å². The van der Waals surface area contributed by atoms with Gasteiger partial charge in [-0.05, 0) is 40.8 Å². The first kappa shape index (κ1) is 25.3. The number of Topliss-reactive ketones (excluding diaryl/α,β-unsaturated/α-hetero) is 2. The molecule has 1 N–H and O–H groups in total. The van der Waals surface area contributed by atoms with Crippen molar-refractivity contribution in [2.75, 3.05) is 5.32 Å². The molecule has 0 bridgehead atoms. The number of anilines is 1. The van der Waals surface area contributed by atoms with E-state index in [1.165, 1.54) is 0 Å². The zero-order chi connectivity index (χ0) is 27.5. The lowest BCUT2D eigenvalue weighted by atomic mass is 9.62. The van der Waals surface area contributed by atoms with Crippen LogP contribution in [0.5, 0.6) is 0 Å². The first-order valence-corrected chi connectivity index (χ1v) is 13.8. The summed E-state index contributed by atoms with van der Waals surface area (Å²) in [6.07, 6.45) is 5.86. The van der Waals surface area contributed by atoms with E-state index in [0.29, 0.717) is 11.3 Å². The van der Waals surface area contributed by atoms with Gasteiger partial charge in [0.25, 0.3) is 0 Å². The number of para-hydroxylation sites is 1. The van der Waals surface area contributed by atoms with Crippen molar-refractivity contribution in [3.63, 3.8) is 0 Å². The summed E-state index contributed by atoms with van der Waals surface area (Å²) in [5.74, 6) is -1.36. The Morgan fingerprint density at radius 3 is 2.36 bits per heavy atom. The monoisotopic (exact) mass is 518 g/mol. The topological polar surface area (TPSA) is 66.5 Å². The summed E-state index contributed by atoms with van der Waals surface area (Å²) in [7, 11) is 0. The average Bonchev–Trinajstić information content (AvgIpc) is 3.40. The minimum atomic E-state index is -1.28. The largest absolute Gasteiger partial charge is 0.358 e. The second-order valence-corrected chi connectivity index (χ2v) is 12.0. The fourth-order valence-electron chi connectivity index (χ4n) is 6.92. The van der Waals surface area contributed by atoms with Gasteiger partial charge in [-0.15, -0.1) is 0 Å². The Morgan fingerprint density at radius 1 is 0.949 bits per heavy atom. The quantitative estimate of drug-likeness (QED) is 0.400. The summed E-state index contributed by atoms with van der Waals surface area (Å²) < 4.78 is 0. The van der Waals surface area contributed by atoms with Crippen LogP contribution in [0.3, 0.4) is 0 Å². The van der Waals surface area contributed by atoms with E-state index in [4.69, 9.17) is 0 Å². The number of amides is 1. The number of nitrogens with one attached hydrogen (secondary N) is 1. The van der Waals surface area contributed by atoms with Gasteiger partial charge in [-0.2, -0.15) is 0 Å². The zero-order valence-electron chi connectivity index (χ0n) is 22.9. The lowest BCUT2D eigenvalue weighted by molar-refractivity contribution is -0.131. The van der Waals surface area contributed by atoms with Gasteiger partial charge in [0.05, 0.1) is 18.0 Å². The molecule has 0 saturated carbocycles. The van der Waals surface area contributed by atoms with Crippen molar-refractivity contribution in [2.45, 2.75) is 58.0 Å². The van der Waals surface area contributed by atoms with Crippen LogP contribution in [0.1, 0.15) is 72.8 Å². The maximum absolute atomic E-state index is 14.7. The van der Waals surface area contributed by atoms with Crippen LogP contribution in [0.2, 0.25) is 0 Å². The molecule has 3 heterocycles. The third-order valence-electron chi connectivity index (χ3n) is 8.64. The van der Waals surface area contributed by atoms with Gasteiger partial charge in [-0.25, -0.2) is 0 Å². The highest BCUT2D eigenvalue weighted by atomic mass is 16.2. The molecule has 3 aromatic carbocycles. The van der Waals surface area contributed by atoms with Crippen LogP contribution in [0.4, 0.5) is 5.69 Å². The standard InChI is InChI=1S/C34H34N2O3/c1-5-10-21-15-17-23(18-16-21)29(37)27-28(31(38)33(2,3)4)36-20-19-22-11-6-7-12-24(22)30(36)34(27)25-13-8-9-14-26(25)35-32(34)39/h6-9,11-20,27-28,30H,5,10H2,1-4H3,(H,35,39)/t27-,28+,30+,34-/m0/s1. The van der Waals surface area contributed by atoms with Gasteiger partial charge in [-0.1, -0.05) is 101 Å². The zero-order valence-corrected chi connectivity index (χ0v) is 22.9. The van der Waals surface area contributed by atoms with Gasteiger partial charge in [0.2, 0.25) is 5.91 Å². The van der Waals surface area contributed by atoms with Crippen molar-refractivity contribution in [1.82, 2.24) is 4.90 Å². The lowest BCUT2D eigenvalue weighted by Crippen LogP contribution is -2.50. The van der Waals surface area contributed by atoms with E-state index in [-0.39, 0.29) is 17.5 Å². The molecule has 6 rings (SSSR count). The number of carbonyl (C=O) groups is 3.